The first kappa shape index (κ1) is 17.1. The minimum absolute atomic E-state index is 0.158. The molecule has 1 fully saturated rings. The molecule has 2 aliphatic heterocycles. The van der Waals surface area contributed by atoms with Crippen molar-refractivity contribution >= 4 is 29.1 Å². The first-order chi connectivity index (χ1) is 13.0. The van der Waals surface area contributed by atoms with Gasteiger partial charge in [-0.05, 0) is 47.9 Å². The molecule has 27 heavy (non-hydrogen) atoms. The van der Waals surface area contributed by atoms with Crippen LogP contribution in [0.25, 0.3) is 0 Å². The number of fused-ring (bicyclic) bond motifs is 1. The summed E-state index contributed by atoms with van der Waals surface area (Å²) in [6.45, 7) is 0.967. The Labute approximate surface area is 156 Å². The predicted octanol–water partition coefficient (Wildman–Crippen LogP) is 1.64. The normalized spacial score (nSPS) is 19.0. The van der Waals surface area contributed by atoms with Gasteiger partial charge in [0.25, 0.3) is 5.91 Å². The van der Waals surface area contributed by atoms with Crippen LogP contribution in [0.1, 0.15) is 34.3 Å². The average Bonchev–Trinajstić information content (AvgIpc) is 2.97. The smallest absolute Gasteiger partial charge is 0.255 e. The predicted molar refractivity (Wildman–Crippen MR) is 101 cm³/mol. The number of hydrogen-bond donors (Lipinski definition) is 3. The fourth-order valence-corrected chi connectivity index (χ4v) is 3.52. The number of imide groups is 1. The van der Waals surface area contributed by atoms with Crippen LogP contribution in [0, 0.1) is 0 Å². The average molecular weight is 364 g/mol. The molecule has 138 valence electrons. The summed E-state index contributed by atoms with van der Waals surface area (Å²) in [4.78, 5) is 37.8. The molecule has 2 aliphatic rings. The van der Waals surface area contributed by atoms with Crippen molar-refractivity contribution in [3.05, 3.63) is 59.2 Å². The van der Waals surface area contributed by atoms with Gasteiger partial charge in [-0.15, -0.1) is 0 Å². The van der Waals surface area contributed by atoms with Gasteiger partial charge in [0.2, 0.25) is 11.8 Å². The van der Waals surface area contributed by atoms with E-state index in [1.54, 1.807) is 4.90 Å². The Kier molecular flexibility index (Phi) is 4.27. The number of benzene rings is 2. The van der Waals surface area contributed by atoms with Crippen LogP contribution in [0.5, 0.6) is 0 Å². The van der Waals surface area contributed by atoms with Crippen molar-refractivity contribution in [2.24, 2.45) is 0 Å². The Morgan fingerprint density at radius 1 is 1.11 bits per heavy atom. The highest BCUT2D eigenvalue weighted by atomic mass is 16.2. The summed E-state index contributed by atoms with van der Waals surface area (Å²) in [5, 5.41) is 5.62. The zero-order valence-electron chi connectivity index (χ0n) is 14.7. The number of piperidine rings is 1. The summed E-state index contributed by atoms with van der Waals surface area (Å²) in [6.07, 6.45) is 0.628. The van der Waals surface area contributed by atoms with Crippen LogP contribution < -0.4 is 16.4 Å². The second-order valence-electron chi connectivity index (χ2n) is 6.87. The lowest BCUT2D eigenvalue weighted by molar-refractivity contribution is -0.136. The van der Waals surface area contributed by atoms with Crippen molar-refractivity contribution in [1.82, 2.24) is 10.2 Å². The van der Waals surface area contributed by atoms with Crippen molar-refractivity contribution in [2.75, 3.05) is 11.1 Å². The molecule has 2 aromatic carbocycles. The van der Waals surface area contributed by atoms with Crippen LogP contribution in [-0.4, -0.2) is 28.7 Å². The molecule has 4 N–H and O–H groups in total. The summed E-state index contributed by atoms with van der Waals surface area (Å²) < 4.78 is 0. The number of nitrogen functional groups attached to an aromatic ring is 1. The molecule has 3 amide bonds. The van der Waals surface area contributed by atoms with Crippen LogP contribution in [0.4, 0.5) is 11.4 Å². The summed E-state index contributed by atoms with van der Waals surface area (Å²) in [5.41, 5.74) is 9.84. The number of carbonyl (C=O) groups excluding carboxylic acids is 3. The zero-order valence-corrected chi connectivity index (χ0v) is 14.7. The van der Waals surface area contributed by atoms with Gasteiger partial charge in [0.05, 0.1) is 0 Å². The molecular weight excluding hydrogens is 344 g/mol. The van der Waals surface area contributed by atoms with Crippen molar-refractivity contribution in [2.45, 2.75) is 32.0 Å². The Bertz CT molecular complexity index is 923. The third-order valence-electron chi connectivity index (χ3n) is 5.00. The molecule has 7 nitrogen and oxygen atoms in total. The van der Waals surface area contributed by atoms with Crippen LogP contribution in [0.2, 0.25) is 0 Å². The van der Waals surface area contributed by atoms with E-state index in [0.717, 1.165) is 16.8 Å². The quantitative estimate of drug-likeness (QED) is 0.565. The third kappa shape index (κ3) is 3.36. The van der Waals surface area contributed by atoms with E-state index in [9.17, 15) is 14.4 Å². The first-order valence-electron chi connectivity index (χ1n) is 8.87. The Balaban J connectivity index is 1.47. The van der Waals surface area contributed by atoms with Crippen molar-refractivity contribution in [3.8, 4) is 0 Å². The van der Waals surface area contributed by atoms with E-state index in [1.165, 1.54) is 0 Å². The Hall–Kier alpha value is -3.35. The number of hydrogen-bond acceptors (Lipinski definition) is 5. The van der Waals surface area contributed by atoms with Crippen LogP contribution in [0.3, 0.4) is 0 Å². The zero-order chi connectivity index (χ0) is 19.0. The Morgan fingerprint density at radius 3 is 2.63 bits per heavy atom. The van der Waals surface area contributed by atoms with Gasteiger partial charge in [0, 0.05) is 36.4 Å². The molecule has 0 aromatic heterocycles. The molecule has 1 unspecified atom stereocenters. The number of rotatable bonds is 4. The summed E-state index contributed by atoms with van der Waals surface area (Å²) in [7, 11) is 0. The minimum Gasteiger partial charge on any atom is -0.399 e. The van der Waals surface area contributed by atoms with E-state index in [1.807, 2.05) is 42.5 Å². The molecule has 0 bridgehead atoms. The summed E-state index contributed by atoms with van der Waals surface area (Å²) >= 11 is 0. The lowest BCUT2D eigenvalue weighted by Crippen LogP contribution is -2.52. The summed E-state index contributed by atoms with van der Waals surface area (Å²) in [6, 6.07) is 12.6. The molecule has 0 radical (unpaired) electrons. The number of nitrogens with zero attached hydrogens (tertiary/aromatic N) is 1. The standard InChI is InChI=1S/C20H20N4O3/c21-14-3-5-15(6-4-14)22-10-12-1-2-13-11-24(20(27)16(13)9-12)17-7-8-18(25)23-19(17)26/h1-6,9,17,22H,7-8,10-11,21H2,(H,23,25,26). The molecule has 1 atom stereocenters. The highest BCUT2D eigenvalue weighted by Gasteiger charge is 2.38. The number of anilines is 2. The Morgan fingerprint density at radius 2 is 1.89 bits per heavy atom. The van der Waals surface area contributed by atoms with E-state index in [-0.39, 0.29) is 18.2 Å². The maximum Gasteiger partial charge on any atom is 0.255 e. The van der Waals surface area contributed by atoms with Crippen LogP contribution >= 0.6 is 0 Å². The van der Waals surface area contributed by atoms with Gasteiger partial charge in [-0.2, -0.15) is 0 Å². The molecule has 2 aromatic rings. The summed E-state index contributed by atoms with van der Waals surface area (Å²) in [5.74, 6) is -0.831. The molecule has 0 spiro atoms. The molecule has 2 heterocycles. The third-order valence-corrected chi connectivity index (χ3v) is 5.00. The van der Waals surface area contributed by atoms with E-state index in [2.05, 4.69) is 10.6 Å². The number of nitrogens with two attached hydrogens (primary N) is 1. The monoisotopic (exact) mass is 364 g/mol. The van der Waals surface area contributed by atoms with E-state index in [4.69, 9.17) is 5.73 Å². The molecule has 0 saturated carbocycles. The SMILES string of the molecule is Nc1ccc(NCc2ccc3c(c2)C(=O)N(C2CCC(=O)NC2=O)C3)cc1. The van der Waals surface area contributed by atoms with Crippen molar-refractivity contribution < 1.29 is 14.4 Å². The van der Waals surface area contributed by atoms with Gasteiger partial charge >= 0.3 is 0 Å². The van der Waals surface area contributed by atoms with E-state index in [0.29, 0.717) is 30.8 Å². The van der Waals surface area contributed by atoms with Gasteiger partial charge in [-0.3, -0.25) is 19.7 Å². The van der Waals surface area contributed by atoms with Crippen LogP contribution in [-0.2, 0) is 22.7 Å². The van der Waals surface area contributed by atoms with Crippen LogP contribution in [0.15, 0.2) is 42.5 Å². The second kappa shape index (κ2) is 6.75. The van der Waals surface area contributed by atoms with Gasteiger partial charge in [0.1, 0.15) is 6.04 Å². The number of amides is 3. The fraction of sp³-hybridized carbons (Fsp3) is 0.250. The molecular formula is C20H20N4O3. The lowest BCUT2D eigenvalue weighted by atomic mass is 10.0. The van der Waals surface area contributed by atoms with Gasteiger partial charge in [0.15, 0.2) is 0 Å². The number of nitrogens with one attached hydrogen (secondary N) is 2. The maximum absolute atomic E-state index is 12.8. The lowest BCUT2D eigenvalue weighted by Gasteiger charge is -2.29. The van der Waals surface area contributed by atoms with Gasteiger partial charge in [-0.1, -0.05) is 12.1 Å². The van der Waals surface area contributed by atoms with Gasteiger partial charge < -0.3 is 16.0 Å². The fourth-order valence-electron chi connectivity index (χ4n) is 3.52. The molecule has 1 saturated heterocycles. The topological polar surface area (TPSA) is 105 Å². The van der Waals surface area contributed by atoms with Crippen molar-refractivity contribution in [3.63, 3.8) is 0 Å². The molecule has 0 aliphatic carbocycles. The van der Waals surface area contributed by atoms with Gasteiger partial charge in [-0.25, -0.2) is 0 Å². The largest absolute Gasteiger partial charge is 0.399 e. The van der Waals surface area contributed by atoms with E-state index < -0.39 is 11.9 Å². The molecule has 4 rings (SSSR count). The molecule has 7 heteroatoms. The minimum atomic E-state index is -0.584. The first-order valence-corrected chi connectivity index (χ1v) is 8.87. The van der Waals surface area contributed by atoms with Crippen molar-refractivity contribution in [1.29, 1.82) is 0 Å². The highest BCUT2D eigenvalue weighted by molar-refractivity contribution is 6.05. The maximum atomic E-state index is 12.8. The number of carbonyl (C=O) groups is 3. The van der Waals surface area contributed by atoms with E-state index >= 15 is 0 Å². The highest BCUT2D eigenvalue weighted by Crippen LogP contribution is 2.28. The second-order valence-corrected chi connectivity index (χ2v) is 6.87.